The summed E-state index contributed by atoms with van der Waals surface area (Å²) in [5.74, 6) is 5.16. The van der Waals surface area contributed by atoms with Gasteiger partial charge in [0.25, 0.3) is 0 Å². The fraction of sp³-hybridized carbons (Fsp3) is 0.0625. The van der Waals surface area contributed by atoms with Gasteiger partial charge in [0.1, 0.15) is 0 Å². The predicted octanol–water partition coefficient (Wildman–Crippen LogP) is 3.54. The molecule has 2 aromatic rings. The Morgan fingerprint density at radius 2 is 1.35 bits per heavy atom. The summed E-state index contributed by atoms with van der Waals surface area (Å²) in [6, 6.07) is 18.1. The number of benzene rings is 2. The zero-order valence-corrected chi connectivity index (χ0v) is 9.57. The zero-order valence-electron chi connectivity index (χ0n) is 9.57. The number of nitriles is 1. The minimum absolute atomic E-state index is 0.863. The van der Waals surface area contributed by atoms with Crippen molar-refractivity contribution in [2.75, 3.05) is 0 Å². The molecule has 2 rings (SSSR count). The van der Waals surface area contributed by atoms with Crippen LogP contribution in [0.15, 0.2) is 48.5 Å². The largest absolute Gasteiger partial charge is 0.183 e. The van der Waals surface area contributed by atoms with Crippen molar-refractivity contribution in [3.63, 3.8) is 0 Å². The number of nitrogens with zero attached hydrogens (tertiary/aromatic N) is 1. The maximum atomic E-state index is 8.36. The maximum Gasteiger partial charge on any atom is 0.152 e. The second-order valence-electron chi connectivity index (χ2n) is 3.81. The number of hydrogen-bond donors (Lipinski definition) is 0. The first-order valence-corrected chi connectivity index (χ1v) is 5.37. The van der Waals surface area contributed by atoms with E-state index >= 15 is 0 Å². The Morgan fingerprint density at radius 1 is 0.824 bits per heavy atom. The van der Waals surface area contributed by atoms with Crippen LogP contribution in [0.1, 0.15) is 11.1 Å². The molecule has 80 valence electrons. The lowest BCUT2D eigenvalue weighted by atomic mass is 10.0. The molecule has 17 heavy (non-hydrogen) atoms. The Kier molecular flexibility index (Phi) is 3.24. The van der Waals surface area contributed by atoms with E-state index in [-0.39, 0.29) is 0 Å². The van der Waals surface area contributed by atoms with Gasteiger partial charge in [-0.2, -0.15) is 5.26 Å². The standard InChI is InChI=1S/C16H11N/c1-13-4-8-15(9-5-13)16-10-6-14(7-11-16)3-2-12-17/h4-11H,1H3. The van der Waals surface area contributed by atoms with Crippen LogP contribution in [-0.2, 0) is 0 Å². The van der Waals surface area contributed by atoms with Crippen molar-refractivity contribution in [1.29, 1.82) is 5.26 Å². The second-order valence-corrected chi connectivity index (χ2v) is 3.81. The first kappa shape index (κ1) is 11.0. The fourth-order valence-corrected chi connectivity index (χ4v) is 1.59. The van der Waals surface area contributed by atoms with Crippen molar-refractivity contribution in [3.8, 4) is 29.0 Å². The summed E-state index contributed by atoms with van der Waals surface area (Å²) >= 11 is 0. The van der Waals surface area contributed by atoms with E-state index in [1.807, 2.05) is 30.3 Å². The van der Waals surface area contributed by atoms with Crippen LogP contribution in [-0.4, -0.2) is 0 Å². The highest BCUT2D eigenvalue weighted by Gasteiger charge is 1.96. The van der Waals surface area contributed by atoms with E-state index in [0.717, 1.165) is 11.1 Å². The van der Waals surface area contributed by atoms with Crippen LogP contribution in [0.5, 0.6) is 0 Å². The smallest absolute Gasteiger partial charge is 0.152 e. The molecule has 0 saturated carbocycles. The Hall–Kier alpha value is -2.51. The molecule has 0 aliphatic carbocycles. The monoisotopic (exact) mass is 217 g/mol. The van der Waals surface area contributed by atoms with Gasteiger partial charge in [-0.05, 0) is 30.2 Å². The van der Waals surface area contributed by atoms with Crippen LogP contribution >= 0.6 is 0 Å². The molecule has 0 aromatic heterocycles. The fourth-order valence-electron chi connectivity index (χ4n) is 1.59. The molecule has 0 radical (unpaired) electrons. The molecule has 0 fully saturated rings. The van der Waals surface area contributed by atoms with Crippen LogP contribution < -0.4 is 0 Å². The van der Waals surface area contributed by atoms with E-state index in [2.05, 4.69) is 43.0 Å². The minimum atomic E-state index is 0.863. The SMILES string of the molecule is Cc1ccc(-c2ccc(C#CC#N)cc2)cc1. The first-order valence-electron chi connectivity index (χ1n) is 5.37. The Balaban J connectivity index is 2.30. The van der Waals surface area contributed by atoms with Gasteiger partial charge in [-0.25, -0.2) is 0 Å². The summed E-state index contributed by atoms with van der Waals surface area (Å²) < 4.78 is 0. The molecule has 0 N–H and O–H groups in total. The van der Waals surface area contributed by atoms with Crippen LogP contribution in [0.25, 0.3) is 11.1 Å². The molecule has 2 aromatic carbocycles. The molecule has 0 aliphatic heterocycles. The van der Waals surface area contributed by atoms with Crippen molar-refractivity contribution in [1.82, 2.24) is 0 Å². The topological polar surface area (TPSA) is 23.8 Å². The average Bonchev–Trinajstić information content (AvgIpc) is 2.38. The van der Waals surface area contributed by atoms with E-state index in [1.165, 1.54) is 11.1 Å². The van der Waals surface area contributed by atoms with Crippen LogP contribution in [0.3, 0.4) is 0 Å². The van der Waals surface area contributed by atoms with Crippen molar-refractivity contribution >= 4 is 0 Å². The van der Waals surface area contributed by atoms with Gasteiger partial charge in [-0.3, -0.25) is 0 Å². The van der Waals surface area contributed by atoms with E-state index in [9.17, 15) is 0 Å². The van der Waals surface area contributed by atoms with Gasteiger partial charge in [-0.1, -0.05) is 47.9 Å². The Labute approximate surface area is 101 Å². The van der Waals surface area contributed by atoms with Crippen molar-refractivity contribution < 1.29 is 0 Å². The summed E-state index contributed by atoms with van der Waals surface area (Å²) in [6.45, 7) is 2.07. The van der Waals surface area contributed by atoms with Gasteiger partial charge in [0.2, 0.25) is 0 Å². The number of hydrogen-bond acceptors (Lipinski definition) is 1. The molecular weight excluding hydrogens is 206 g/mol. The maximum absolute atomic E-state index is 8.36. The molecule has 0 heterocycles. The van der Waals surface area contributed by atoms with Gasteiger partial charge in [0.15, 0.2) is 6.07 Å². The van der Waals surface area contributed by atoms with Gasteiger partial charge in [-0.15, -0.1) is 0 Å². The summed E-state index contributed by atoms with van der Waals surface area (Å²) in [5, 5.41) is 8.36. The molecule has 1 heteroatoms. The molecule has 0 bridgehead atoms. The highest BCUT2D eigenvalue weighted by Crippen LogP contribution is 2.19. The highest BCUT2D eigenvalue weighted by molar-refractivity contribution is 5.64. The van der Waals surface area contributed by atoms with E-state index in [4.69, 9.17) is 5.26 Å². The quantitative estimate of drug-likeness (QED) is 0.670. The Morgan fingerprint density at radius 3 is 1.88 bits per heavy atom. The minimum Gasteiger partial charge on any atom is -0.183 e. The van der Waals surface area contributed by atoms with Crippen LogP contribution in [0.2, 0.25) is 0 Å². The molecule has 0 atom stereocenters. The number of aryl methyl sites for hydroxylation is 1. The third-order valence-corrected chi connectivity index (χ3v) is 2.53. The second kappa shape index (κ2) is 5.01. The molecule has 0 saturated heterocycles. The lowest BCUT2D eigenvalue weighted by molar-refractivity contribution is 1.47. The normalized spacial score (nSPS) is 8.94. The lowest BCUT2D eigenvalue weighted by Gasteiger charge is -2.02. The molecule has 0 amide bonds. The molecular formula is C16H11N. The van der Waals surface area contributed by atoms with Crippen molar-refractivity contribution in [3.05, 3.63) is 59.7 Å². The van der Waals surface area contributed by atoms with E-state index in [1.54, 1.807) is 0 Å². The highest BCUT2D eigenvalue weighted by atomic mass is 14.2. The van der Waals surface area contributed by atoms with E-state index < -0.39 is 0 Å². The Bertz CT molecular complexity index is 602. The summed E-state index contributed by atoms with van der Waals surface area (Å²) in [5.41, 5.74) is 4.47. The molecule has 0 aliphatic rings. The van der Waals surface area contributed by atoms with Crippen LogP contribution in [0.4, 0.5) is 0 Å². The zero-order chi connectivity index (χ0) is 12.1. The van der Waals surface area contributed by atoms with Gasteiger partial charge in [0.05, 0.1) is 0 Å². The average molecular weight is 217 g/mol. The lowest BCUT2D eigenvalue weighted by Crippen LogP contribution is -1.79. The third kappa shape index (κ3) is 2.74. The van der Waals surface area contributed by atoms with Gasteiger partial charge >= 0.3 is 0 Å². The summed E-state index contributed by atoms with van der Waals surface area (Å²) in [6.07, 6.45) is 0. The van der Waals surface area contributed by atoms with Crippen LogP contribution in [0, 0.1) is 30.1 Å². The van der Waals surface area contributed by atoms with E-state index in [0.29, 0.717) is 0 Å². The molecule has 0 spiro atoms. The summed E-state index contributed by atoms with van der Waals surface area (Å²) in [7, 11) is 0. The third-order valence-electron chi connectivity index (χ3n) is 2.53. The summed E-state index contributed by atoms with van der Waals surface area (Å²) in [4.78, 5) is 0. The molecule has 0 unspecified atom stereocenters. The van der Waals surface area contributed by atoms with Gasteiger partial charge < -0.3 is 0 Å². The van der Waals surface area contributed by atoms with Gasteiger partial charge in [0, 0.05) is 11.5 Å². The molecule has 1 nitrogen and oxygen atoms in total. The van der Waals surface area contributed by atoms with Crippen molar-refractivity contribution in [2.45, 2.75) is 6.92 Å². The first-order chi connectivity index (χ1) is 8.29. The number of rotatable bonds is 1. The predicted molar refractivity (Wildman–Crippen MR) is 69.1 cm³/mol. The van der Waals surface area contributed by atoms with Crippen molar-refractivity contribution in [2.24, 2.45) is 0 Å².